The van der Waals surface area contributed by atoms with Gasteiger partial charge in [0, 0.05) is 18.3 Å². The molecule has 28 heavy (non-hydrogen) atoms. The van der Waals surface area contributed by atoms with E-state index in [1.54, 1.807) is 37.4 Å². The Morgan fingerprint density at radius 3 is 2.57 bits per heavy atom. The molecule has 8 nitrogen and oxygen atoms in total. The number of urea groups is 1. The van der Waals surface area contributed by atoms with Crippen LogP contribution in [0.2, 0.25) is 0 Å². The van der Waals surface area contributed by atoms with Crippen molar-refractivity contribution < 1.29 is 9.53 Å². The first-order chi connectivity index (χ1) is 13.5. The first-order valence-corrected chi connectivity index (χ1v) is 9.49. The van der Waals surface area contributed by atoms with Crippen molar-refractivity contribution in [3.8, 4) is 16.3 Å². The molecule has 0 aliphatic carbocycles. The minimum Gasteiger partial charge on any atom is -0.497 e. The Kier molecular flexibility index (Phi) is 6.05. The van der Waals surface area contributed by atoms with Gasteiger partial charge in [-0.3, -0.25) is 4.79 Å². The average Bonchev–Trinajstić information content (AvgIpc) is 3.02. The smallest absolute Gasteiger partial charge is 0.319 e. The highest BCUT2D eigenvalue weighted by atomic mass is 32.1. The Bertz CT molecular complexity index is 1030. The van der Waals surface area contributed by atoms with Gasteiger partial charge < -0.3 is 15.4 Å². The number of amides is 2. The van der Waals surface area contributed by atoms with Crippen LogP contribution in [-0.4, -0.2) is 34.5 Å². The molecule has 0 fully saturated rings. The lowest BCUT2D eigenvalue weighted by Crippen LogP contribution is -2.34. The Hall–Kier alpha value is -3.20. The molecule has 3 rings (SSSR count). The molecule has 0 aliphatic heterocycles. The predicted molar refractivity (Wildman–Crippen MR) is 109 cm³/mol. The molecular weight excluding hydrogens is 378 g/mol. The number of nitrogens with one attached hydrogen (secondary N) is 2. The lowest BCUT2D eigenvalue weighted by Gasteiger charge is -2.09. The number of carbonyl (C=O) groups excluding carboxylic acids is 1. The fourth-order valence-electron chi connectivity index (χ4n) is 2.62. The molecule has 0 aliphatic rings. The summed E-state index contributed by atoms with van der Waals surface area (Å²) in [6.07, 6.45) is 0. The zero-order chi connectivity index (χ0) is 20.1. The van der Waals surface area contributed by atoms with Gasteiger partial charge >= 0.3 is 6.03 Å². The SMILES string of the molecule is COc1ccc(NC(=O)NCCn2nc(-c3sc(C)nc3C)ccc2=O)cc1. The van der Waals surface area contributed by atoms with Crippen LogP contribution >= 0.6 is 11.3 Å². The average molecular weight is 399 g/mol. The van der Waals surface area contributed by atoms with Gasteiger partial charge in [0.25, 0.3) is 5.56 Å². The topological polar surface area (TPSA) is 98.1 Å². The zero-order valence-corrected chi connectivity index (χ0v) is 16.7. The lowest BCUT2D eigenvalue weighted by molar-refractivity contribution is 0.251. The van der Waals surface area contributed by atoms with Gasteiger partial charge in [0.05, 0.1) is 29.2 Å². The number of rotatable bonds is 6. The number of aromatic nitrogens is 3. The monoisotopic (exact) mass is 399 g/mol. The molecule has 146 valence electrons. The van der Waals surface area contributed by atoms with Gasteiger partial charge in [-0.1, -0.05) is 0 Å². The summed E-state index contributed by atoms with van der Waals surface area (Å²) in [4.78, 5) is 29.4. The summed E-state index contributed by atoms with van der Waals surface area (Å²) in [7, 11) is 1.58. The summed E-state index contributed by atoms with van der Waals surface area (Å²) >= 11 is 1.54. The van der Waals surface area contributed by atoms with E-state index < -0.39 is 0 Å². The maximum absolute atomic E-state index is 12.1. The number of hydrogen-bond acceptors (Lipinski definition) is 6. The third-order valence-electron chi connectivity index (χ3n) is 3.96. The molecule has 1 aromatic carbocycles. The van der Waals surface area contributed by atoms with E-state index >= 15 is 0 Å². The summed E-state index contributed by atoms with van der Waals surface area (Å²) in [6, 6.07) is 9.82. The number of anilines is 1. The summed E-state index contributed by atoms with van der Waals surface area (Å²) in [5.41, 5.74) is 2.01. The number of hydrogen-bond donors (Lipinski definition) is 2. The van der Waals surface area contributed by atoms with E-state index in [2.05, 4.69) is 20.7 Å². The van der Waals surface area contributed by atoms with Crippen LogP contribution in [0.4, 0.5) is 10.5 Å². The molecule has 0 unspecified atom stereocenters. The van der Waals surface area contributed by atoms with Crippen LogP contribution in [0.1, 0.15) is 10.7 Å². The number of carbonyl (C=O) groups is 1. The number of ether oxygens (including phenoxy) is 1. The fourth-order valence-corrected chi connectivity index (χ4v) is 3.51. The molecule has 2 heterocycles. The van der Waals surface area contributed by atoms with E-state index in [4.69, 9.17) is 4.74 Å². The van der Waals surface area contributed by atoms with Crippen molar-refractivity contribution in [1.82, 2.24) is 20.1 Å². The van der Waals surface area contributed by atoms with Crippen LogP contribution in [0.15, 0.2) is 41.2 Å². The van der Waals surface area contributed by atoms with Gasteiger partial charge in [0.2, 0.25) is 0 Å². The number of methoxy groups -OCH3 is 1. The molecular formula is C19H21N5O3S. The van der Waals surface area contributed by atoms with E-state index in [1.165, 1.54) is 22.1 Å². The minimum atomic E-state index is -0.358. The van der Waals surface area contributed by atoms with Crippen molar-refractivity contribution in [1.29, 1.82) is 0 Å². The summed E-state index contributed by atoms with van der Waals surface area (Å²) in [5.74, 6) is 0.711. The van der Waals surface area contributed by atoms with Crippen molar-refractivity contribution in [2.45, 2.75) is 20.4 Å². The van der Waals surface area contributed by atoms with E-state index in [0.29, 0.717) is 17.1 Å². The molecule has 0 atom stereocenters. The Morgan fingerprint density at radius 2 is 1.93 bits per heavy atom. The van der Waals surface area contributed by atoms with Crippen LogP contribution in [0.5, 0.6) is 5.75 Å². The van der Waals surface area contributed by atoms with E-state index in [0.717, 1.165) is 15.6 Å². The van der Waals surface area contributed by atoms with Crippen LogP contribution in [0.3, 0.4) is 0 Å². The molecule has 0 saturated heterocycles. The number of thiazole rings is 1. The maximum Gasteiger partial charge on any atom is 0.319 e. The first kappa shape index (κ1) is 19.6. The molecule has 0 bridgehead atoms. The van der Waals surface area contributed by atoms with Gasteiger partial charge in [-0.2, -0.15) is 5.10 Å². The number of benzene rings is 1. The second-order valence-electron chi connectivity index (χ2n) is 6.04. The molecule has 2 aromatic heterocycles. The standard InChI is InChI=1S/C19H21N5O3S/c1-12-18(28-13(2)21-12)16-8-9-17(25)24(23-16)11-10-20-19(26)22-14-4-6-15(27-3)7-5-14/h4-9H,10-11H2,1-3H3,(H2,20,22,26). The van der Waals surface area contributed by atoms with Crippen LogP contribution in [0, 0.1) is 13.8 Å². The highest BCUT2D eigenvalue weighted by molar-refractivity contribution is 7.15. The van der Waals surface area contributed by atoms with Crippen molar-refractivity contribution in [2.24, 2.45) is 0 Å². The van der Waals surface area contributed by atoms with Gasteiger partial charge in [0.1, 0.15) is 11.4 Å². The molecule has 9 heteroatoms. The second-order valence-corrected chi connectivity index (χ2v) is 7.24. The number of nitrogens with zero attached hydrogens (tertiary/aromatic N) is 3. The van der Waals surface area contributed by atoms with Crippen LogP contribution in [-0.2, 0) is 6.54 Å². The summed E-state index contributed by atoms with van der Waals surface area (Å²) < 4.78 is 6.42. The minimum absolute atomic E-state index is 0.222. The lowest BCUT2D eigenvalue weighted by atomic mass is 10.3. The van der Waals surface area contributed by atoms with E-state index in [1.807, 2.05) is 13.8 Å². The van der Waals surface area contributed by atoms with Crippen molar-refractivity contribution in [2.75, 3.05) is 19.0 Å². The van der Waals surface area contributed by atoms with Crippen molar-refractivity contribution >= 4 is 23.1 Å². The Labute approximate surface area is 166 Å². The Morgan fingerprint density at radius 1 is 1.18 bits per heavy atom. The molecule has 2 N–H and O–H groups in total. The van der Waals surface area contributed by atoms with Crippen molar-refractivity contribution in [3.05, 3.63) is 57.5 Å². The van der Waals surface area contributed by atoms with E-state index in [-0.39, 0.29) is 24.7 Å². The third kappa shape index (κ3) is 4.74. The fraction of sp³-hybridized carbons (Fsp3) is 0.263. The van der Waals surface area contributed by atoms with Crippen LogP contribution in [0.25, 0.3) is 10.6 Å². The Balaban J connectivity index is 1.59. The van der Waals surface area contributed by atoms with Gasteiger partial charge in [-0.25, -0.2) is 14.5 Å². The van der Waals surface area contributed by atoms with Crippen LogP contribution < -0.4 is 20.9 Å². The third-order valence-corrected chi connectivity index (χ3v) is 5.06. The molecule has 3 aromatic rings. The summed E-state index contributed by atoms with van der Waals surface area (Å²) in [5, 5.41) is 10.8. The number of aryl methyl sites for hydroxylation is 2. The highest BCUT2D eigenvalue weighted by Crippen LogP contribution is 2.27. The molecule has 0 spiro atoms. The molecule has 0 saturated carbocycles. The maximum atomic E-state index is 12.1. The normalized spacial score (nSPS) is 10.5. The predicted octanol–water partition coefficient (Wildman–Crippen LogP) is 2.81. The molecule has 2 amide bonds. The first-order valence-electron chi connectivity index (χ1n) is 8.68. The van der Waals surface area contributed by atoms with Gasteiger partial charge in [-0.15, -0.1) is 11.3 Å². The quantitative estimate of drug-likeness (QED) is 0.664. The van der Waals surface area contributed by atoms with E-state index in [9.17, 15) is 9.59 Å². The second kappa shape index (κ2) is 8.66. The molecule has 0 radical (unpaired) electrons. The summed E-state index contributed by atoms with van der Waals surface area (Å²) in [6.45, 7) is 4.38. The highest BCUT2D eigenvalue weighted by Gasteiger charge is 2.11. The van der Waals surface area contributed by atoms with Gasteiger partial charge in [0.15, 0.2) is 0 Å². The largest absolute Gasteiger partial charge is 0.497 e. The van der Waals surface area contributed by atoms with Crippen molar-refractivity contribution in [3.63, 3.8) is 0 Å². The zero-order valence-electron chi connectivity index (χ0n) is 15.9. The van der Waals surface area contributed by atoms with Gasteiger partial charge in [-0.05, 0) is 44.2 Å².